The van der Waals surface area contributed by atoms with Crippen LogP contribution in [-0.2, 0) is 6.42 Å². The van der Waals surface area contributed by atoms with Gasteiger partial charge in [0.25, 0.3) is 0 Å². The first-order valence-electron chi connectivity index (χ1n) is 6.47. The molecular weight excluding hydrogens is 236 g/mol. The first-order chi connectivity index (χ1) is 9.05. The molecule has 0 radical (unpaired) electrons. The maximum absolute atomic E-state index is 12.4. The minimum absolute atomic E-state index is 0.0631. The SMILES string of the molecule is CC1(C)Cc2cc(C(=O)c3ccccc3)ccc2O1. The summed E-state index contributed by atoms with van der Waals surface area (Å²) < 4.78 is 5.82. The van der Waals surface area contributed by atoms with Gasteiger partial charge in [0.2, 0.25) is 0 Å². The van der Waals surface area contributed by atoms with Gasteiger partial charge in [0, 0.05) is 17.5 Å². The largest absolute Gasteiger partial charge is 0.487 e. The summed E-state index contributed by atoms with van der Waals surface area (Å²) >= 11 is 0. The van der Waals surface area contributed by atoms with E-state index in [9.17, 15) is 4.79 Å². The van der Waals surface area contributed by atoms with Gasteiger partial charge in [0.05, 0.1) is 0 Å². The minimum atomic E-state index is -0.170. The van der Waals surface area contributed by atoms with Crippen molar-refractivity contribution in [3.05, 3.63) is 65.2 Å². The van der Waals surface area contributed by atoms with Crippen LogP contribution in [0.3, 0.4) is 0 Å². The summed E-state index contributed by atoms with van der Waals surface area (Å²) in [7, 11) is 0. The van der Waals surface area contributed by atoms with Crippen molar-refractivity contribution in [1.29, 1.82) is 0 Å². The van der Waals surface area contributed by atoms with E-state index in [4.69, 9.17) is 4.74 Å². The maximum Gasteiger partial charge on any atom is 0.193 e. The lowest BCUT2D eigenvalue weighted by molar-refractivity contribution is 0.103. The van der Waals surface area contributed by atoms with Gasteiger partial charge in [-0.2, -0.15) is 0 Å². The van der Waals surface area contributed by atoms with Gasteiger partial charge in [-0.05, 0) is 37.6 Å². The Morgan fingerprint density at radius 3 is 2.53 bits per heavy atom. The zero-order valence-electron chi connectivity index (χ0n) is 11.1. The third-order valence-electron chi connectivity index (χ3n) is 3.36. The van der Waals surface area contributed by atoms with Crippen LogP contribution >= 0.6 is 0 Å². The van der Waals surface area contributed by atoms with Crippen molar-refractivity contribution in [1.82, 2.24) is 0 Å². The lowest BCUT2D eigenvalue weighted by atomic mass is 9.97. The van der Waals surface area contributed by atoms with E-state index in [1.54, 1.807) is 0 Å². The topological polar surface area (TPSA) is 26.3 Å². The van der Waals surface area contributed by atoms with Gasteiger partial charge in [0.1, 0.15) is 11.4 Å². The van der Waals surface area contributed by atoms with Gasteiger partial charge in [-0.3, -0.25) is 4.79 Å². The molecule has 96 valence electrons. The molecule has 19 heavy (non-hydrogen) atoms. The van der Waals surface area contributed by atoms with E-state index in [0.717, 1.165) is 28.9 Å². The molecule has 0 amide bonds. The normalized spacial score (nSPS) is 15.7. The zero-order chi connectivity index (χ0) is 13.5. The summed E-state index contributed by atoms with van der Waals surface area (Å²) in [5.74, 6) is 0.961. The Hall–Kier alpha value is -2.09. The van der Waals surface area contributed by atoms with Gasteiger partial charge < -0.3 is 4.74 Å². The molecule has 0 aliphatic carbocycles. The van der Waals surface area contributed by atoms with E-state index in [1.165, 1.54) is 0 Å². The third-order valence-corrected chi connectivity index (χ3v) is 3.36. The highest BCUT2D eigenvalue weighted by Crippen LogP contribution is 2.35. The van der Waals surface area contributed by atoms with Crippen molar-refractivity contribution in [2.24, 2.45) is 0 Å². The Bertz CT molecular complexity index is 627. The van der Waals surface area contributed by atoms with Crippen LogP contribution in [0, 0.1) is 0 Å². The number of carbonyl (C=O) groups is 1. The molecular formula is C17H16O2. The molecule has 1 heterocycles. The molecule has 0 bridgehead atoms. The van der Waals surface area contributed by atoms with E-state index in [2.05, 4.69) is 13.8 Å². The van der Waals surface area contributed by atoms with Crippen LogP contribution < -0.4 is 4.74 Å². The molecule has 0 atom stereocenters. The number of ketones is 1. The number of rotatable bonds is 2. The van der Waals surface area contributed by atoms with Crippen LogP contribution in [-0.4, -0.2) is 11.4 Å². The highest BCUT2D eigenvalue weighted by molar-refractivity contribution is 6.09. The molecule has 0 N–H and O–H groups in total. The Morgan fingerprint density at radius 1 is 1.05 bits per heavy atom. The van der Waals surface area contributed by atoms with E-state index in [1.807, 2.05) is 48.5 Å². The van der Waals surface area contributed by atoms with Crippen molar-refractivity contribution >= 4 is 5.78 Å². The second kappa shape index (κ2) is 4.23. The van der Waals surface area contributed by atoms with Crippen molar-refractivity contribution in [2.75, 3.05) is 0 Å². The molecule has 0 spiro atoms. The fourth-order valence-electron chi connectivity index (χ4n) is 2.51. The molecule has 0 fully saturated rings. The van der Waals surface area contributed by atoms with E-state index in [0.29, 0.717) is 0 Å². The van der Waals surface area contributed by atoms with Crippen LogP contribution in [0.25, 0.3) is 0 Å². The zero-order valence-corrected chi connectivity index (χ0v) is 11.1. The predicted octanol–water partition coefficient (Wildman–Crippen LogP) is 3.63. The van der Waals surface area contributed by atoms with Gasteiger partial charge in [-0.15, -0.1) is 0 Å². The third kappa shape index (κ3) is 2.26. The van der Waals surface area contributed by atoms with Gasteiger partial charge >= 0.3 is 0 Å². The predicted molar refractivity (Wildman–Crippen MR) is 74.7 cm³/mol. The van der Waals surface area contributed by atoms with Crippen molar-refractivity contribution in [2.45, 2.75) is 25.9 Å². The number of hydrogen-bond acceptors (Lipinski definition) is 2. The van der Waals surface area contributed by atoms with E-state index < -0.39 is 0 Å². The molecule has 0 unspecified atom stereocenters. The average molecular weight is 252 g/mol. The smallest absolute Gasteiger partial charge is 0.193 e. The van der Waals surface area contributed by atoms with Crippen molar-refractivity contribution in [3.8, 4) is 5.75 Å². The summed E-state index contributed by atoms with van der Waals surface area (Å²) in [5.41, 5.74) is 2.40. The molecule has 3 rings (SSSR count). The molecule has 2 heteroatoms. The van der Waals surface area contributed by atoms with Crippen LogP contribution in [0.15, 0.2) is 48.5 Å². The Morgan fingerprint density at radius 2 is 1.79 bits per heavy atom. The molecule has 0 saturated carbocycles. The van der Waals surface area contributed by atoms with Crippen LogP contribution in [0.5, 0.6) is 5.75 Å². The monoisotopic (exact) mass is 252 g/mol. The second-order valence-electron chi connectivity index (χ2n) is 5.56. The lowest BCUT2D eigenvalue weighted by Gasteiger charge is -2.16. The second-order valence-corrected chi connectivity index (χ2v) is 5.56. The van der Waals surface area contributed by atoms with E-state index >= 15 is 0 Å². The molecule has 2 aromatic carbocycles. The highest BCUT2D eigenvalue weighted by atomic mass is 16.5. The average Bonchev–Trinajstić information content (AvgIpc) is 2.71. The first kappa shape index (κ1) is 12.0. The standard InChI is InChI=1S/C17H16O2/c1-17(2)11-14-10-13(8-9-15(14)19-17)16(18)12-6-4-3-5-7-12/h3-10H,11H2,1-2H3. The summed E-state index contributed by atoms with van der Waals surface area (Å²) in [6, 6.07) is 15.1. The summed E-state index contributed by atoms with van der Waals surface area (Å²) in [4.78, 5) is 12.4. The van der Waals surface area contributed by atoms with Crippen molar-refractivity contribution in [3.63, 3.8) is 0 Å². The molecule has 0 aromatic heterocycles. The summed E-state index contributed by atoms with van der Waals surface area (Å²) in [6.45, 7) is 4.12. The Kier molecular flexibility index (Phi) is 2.67. The number of fused-ring (bicyclic) bond motifs is 1. The molecule has 2 aromatic rings. The molecule has 1 aliphatic rings. The number of hydrogen-bond donors (Lipinski definition) is 0. The minimum Gasteiger partial charge on any atom is -0.487 e. The summed E-state index contributed by atoms with van der Waals surface area (Å²) in [5, 5.41) is 0. The van der Waals surface area contributed by atoms with Gasteiger partial charge in [-0.25, -0.2) is 0 Å². The van der Waals surface area contributed by atoms with Gasteiger partial charge in [-0.1, -0.05) is 30.3 Å². The van der Waals surface area contributed by atoms with Crippen LogP contribution in [0.1, 0.15) is 35.3 Å². The van der Waals surface area contributed by atoms with E-state index in [-0.39, 0.29) is 11.4 Å². The first-order valence-corrected chi connectivity index (χ1v) is 6.47. The van der Waals surface area contributed by atoms with Crippen molar-refractivity contribution < 1.29 is 9.53 Å². The highest BCUT2D eigenvalue weighted by Gasteiger charge is 2.30. The fourth-order valence-corrected chi connectivity index (χ4v) is 2.51. The van der Waals surface area contributed by atoms with Crippen LogP contribution in [0.2, 0.25) is 0 Å². The maximum atomic E-state index is 12.4. The quantitative estimate of drug-likeness (QED) is 0.763. The van der Waals surface area contributed by atoms with Gasteiger partial charge in [0.15, 0.2) is 5.78 Å². The molecule has 0 saturated heterocycles. The fraction of sp³-hybridized carbons (Fsp3) is 0.235. The molecule has 2 nitrogen and oxygen atoms in total. The Labute approximate surface area is 113 Å². The lowest BCUT2D eigenvalue weighted by Crippen LogP contribution is -2.24. The Balaban J connectivity index is 1.95. The number of benzene rings is 2. The van der Waals surface area contributed by atoms with Crippen LogP contribution in [0.4, 0.5) is 0 Å². The number of ether oxygens (including phenoxy) is 1. The summed E-state index contributed by atoms with van der Waals surface area (Å²) in [6.07, 6.45) is 0.845. The molecule has 1 aliphatic heterocycles. The number of carbonyl (C=O) groups excluding carboxylic acids is 1.